The molecule has 250 valence electrons. The van der Waals surface area contributed by atoms with E-state index in [1.54, 1.807) is 0 Å². The minimum absolute atomic E-state index is 0. The molecule has 0 spiro atoms. The molecule has 19 nitrogen and oxygen atoms in total. The molecular weight excluding hydrogens is 632 g/mol. The van der Waals surface area contributed by atoms with E-state index in [0.29, 0.717) is 15.2 Å². The molecular formula is C24H40FeN8O11. The summed E-state index contributed by atoms with van der Waals surface area (Å²) in [4.78, 5) is 97.3. The number of hydrogen-bond acceptors (Lipinski definition) is 11. The van der Waals surface area contributed by atoms with Crippen LogP contribution in [0.2, 0.25) is 0 Å². The van der Waals surface area contributed by atoms with Gasteiger partial charge in [0.2, 0.25) is 47.3 Å². The molecule has 8 amide bonds. The van der Waals surface area contributed by atoms with Gasteiger partial charge in [0, 0.05) is 56.8 Å². The average Bonchev–Trinajstić information content (AvgIpc) is 2.95. The standard InChI is InChI=1S/C24H40N8O11.Fe/c1-15(33)30(41)10-4-6-22(38)32(43)12-8-17-23(39)27-13-20(36)25-9-3-5-19(35)26-14-21(37)28-18(24(40)29-17)7-11-31(42)16(2)34;/h17-18,41-43H,3-14H2,1-2H3,(H,25,36)(H,26,35)(H,27,39)(H,28,37)(H,29,40);/t17-,18-;/m0./s1. The largest absolute Gasteiger partial charge is 0.355 e. The van der Waals surface area contributed by atoms with E-state index in [-0.39, 0.29) is 75.2 Å². The van der Waals surface area contributed by atoms with E-state index < -0.39 is 79.0 Å². The number of carbonyl (C=O) groups excluding carboxylic acids is 8. The molecule has 0 bridgehead atoms. The SMILES string of the molecule is CC(=O)N(O)CCCC(=O)N(O)CC[C@@H]1NC(=O)[C@H](CCN(O)C(C)=O)NC(=O)CNC(=O)CCCNC(=O)CNC1=O.[Fe]. The van der Waals surface area contributed by atoms with Gasteiger partial charge in [-0.15, -0.1) is 0 Å². The van der Waals surface area contributed by atoms with Gasteiger partial charge in [0.1, 0.15) is 12.1 Å². The Bertz CT molecular complexity index is 1050. The van der Waals surface area contributed by atoms with Crippen molar-refractivity contribution >= 4 is 47.3 Å². The maximum Gasteiger partial charge on any atom is 0.245 e. The number of hydroxylamine groups is 6. The maximum atomic E-state index is 13.2. The van der Waals surface area contributed by atoms with Crippen molar-refractivity contribution in [3.05, 3.63) is 0 Å². The van der Waals surface area contributed by atoms with Crippen molar-refractivity contribution in [3.63, 3.8) is 0 Å². The average molecular weight is 672 g/mol. The summed E-state index contributed by atoms with van der Waals surface area (Å²) in [6.07, 6.45) is -0.673. The Hall–Kier alpha value is -3.84. The van der Waals surface area contributed by atoms with Crippen molar-refractivity contribution in [3.8, 4) is 0 Å². The summed E-state index contributed by atoms with van der Waals surface area (Å²) in [7, 11) is 0. The van der Waals surface area contributed by atoms with Crippen LogP contribution in [-0.2, 0) is 55.4 Å². The molecule has 0 saturated carbocycles. The van der Waals surface area contributed by atoms with Gasteiger partial charge >= 0.3 is 0 Å². The Morgan fingerprint density at radius 2 is 1.25 bits per heavy atom. The van der Waals surface area contributed by atoms with Crippen LogP contribution in [0.3, 0.4) is 0 Å². The summed E-state index contributed by atoms with van der Waals surface area (Å²) in [6.45, 7) is 0.285. The molecule has 2 atom stereocenters. The molecule has 0 radical (unpaired) electrons. The fourth-order valence-corrected chi connectivity index (χ4v) is 3.60. The predicted molar refractivity (Wildman–Crippen MR) is 142 cm³/mol. The molecule has 1 fully saturated rings. The second-order valence-electron chi connectivity index (χ2n) is 9.61. The van der Waals surface area contributed by atoms with Crippen LogP contribution in [-0.4, -0.2) is 129 Å². The minimum Gasteiger partial charge on any atom is -0.355 e. The molecule has 1 rings (SSSR count). The Labute approximate surface area is 263 Å². The normalized spacial score (nSPS) is 18.6. The summed E-state index contributed by atoms with van der Waals surface area (Å²) in [5, 5.41) is 42.2. The monoisotopic (exact) mass is 672 g/mol. The van der Waals surface area contributed by atoms with Crippen LogP contribution in [0.4, 0.5) is 0 Å². The van der Waals surface area contributed by atoms with Gasteiger partial charge in [0.15, 0.2) is 0 Å². The first-order valence-corrected chi connectivity index (χ1v) is 13.5. The molecule has 44 heavy (non-hydrogen) atoms. The topological polar surface area (TPSA) is 267 Å². The second-order valence-corrected chi connectivity index (χ2v) is 9.61. The van der Waals surface area contributed by atoms with Gasteiger partial charge in [0.25, 0.3) is 0 Å². The minimum atomic E-state index is -1.43. The fourth-order valence-electron chi connectivity index (χ4n) is 3.60. The van der Waals surface area contributed by atoms with Gasteiger partial charge in [-0.05, 0) is 25.7 Å². The number of amides is 8. The summed E-state index contributed by atoms with van der Waals surface area (Å²) in [5.41, 5.74) is 0. The third-order valence-corrected chi connectivity index (χ3v) is 6.09. The molecule has 0 aromatic heterocycles. The zero-order valence-electron chi connectivity index (χ0n) is 24.4. The van der Waals surface area contributed by atoms with Crippen LogP contribution in [0.25, 0.3) is 0 Å². The summed E-state index contributed by atoms with van der Waals surface area (Å²) >= 11 is 0. The number of nitrogens with zero attached hydrogens (tertiary/aromatic N) is 3. The second kappa shape index (κ2) is 21.0. The molecule has 20 heteroatoms. The van der Waals surface area contributed by atoms with Gasteiger partial charge in [-0.1, -0.05) is 0 Å². The van der Waals surface area contributed by atoms with Crippen molar-refractivity contribution < 1.29 is 71.0 Å². The molecule has 0 unspecified atom stereocenters. The Morgan fingerprint density at radius 3 is 1.86 bits per heavy atom. The van der Waals surface area contributed by atoms with Gasteiger partial charge in [-0.3, -0.25) is 54.0 Å². The molecule has 1 saturated heterocycles. The van der Waals surface area contributed by atoms with Crippen LogP contribution >= 0.6 is 0 Å². The van der Waals surface area contributed by atoms with Crippen molar-refractivity contribution in [1.82, 2.24) is 41.8 Å². The summed E-state index contributed by atoms with van der Waals surface area (Å²) < 4.78 is 0. The van der Waals surface area contributed by atoms with Crippen LogP contribution in [0.1, 0.15) is 52.4 Å². The molecule has 1 aliphatic heterocycles. The Balaban J connectivity index is 0.0000185. The van der Waals surface area contributed by atoms with Crippen molar-refractivity contribution in [1.29, 1.82) is 0 Å². The molecule has 1 aliphatic rings. The fraction of sp³-hybridized carbons (Fsp3) is 0.667. The van der Waals surface area contributed by atoms with E-state index in [9.17, 15) is 54.0 Å². The van der Waals surface area contributed by atoms with Crippen LogP contribution in [0, 0.1) is 0 Å². The first kappa shape index (κ1) is 40.2. The zero-order chi connectivity index (χ0) is 32.5. The number of carbonyl (C=O) groups is 8. The van der Waals surface area contributed by atoms with E-state index in [4.69, 9.17) is 0 Å². The number of nitrogens with one attached hydrogen (secondary N) is 5. The first-order chi connectivity index (χ1) is 20.2. The maximum absolute atomic E-state index is 13.2. The van der Waals surface area contributed by atoms with E-state index in [1.165, 1.54) is 0 Å². The smallest absolute Gasteiger partial charge is 0.245 e. The predicted octanol–water partition coefficient (Wildman–Crippen LogP) is -3.65. The Kier molecular flexibility index (Phi) is 19.1. The van der Waals surface area contributed by atoms with E-state index in [2.05, 4.69) is 26.6 Å². The quantitative estimate of drug-likeness (QED) is 0.0637. The first-order valence-electron chi connectivity index (χ1n) is 13.5. The third kappa shape index (κ3) is 16.1. The number of hydrogen-bond donors (Lipinski definition) is 8. The third-order valence-electron chi connectivity index (χ3n) is 6.09. The molecule has 8 N–H and O–H groups in total. The van der Waals surface area contributed by atoms with Crippen molar-refractivity contribution in [2.24, 2.45) is 0 Å². The van der Waals surface area contributed by atoms with Crippen LogP contribution in [0.5, 0.6) is 0 Å². The van der Waals surface area contributed by atoms with Gasteiger partial charge < -0.3 is 26.6 Å². The summed E-state index contributed by atoms with van der Waals surface area (Å²) in [6, 6.07) is -2.83. The Morgan fingerprint density at radius 1 is 0.705 bits per heavy atom. The van der Waals surface area contributed by atoms with Gasteiger partial charge in [-0.2, -0.15) is 0 Å². The zero-order valence-corrected chi connectivity index (χ0v) is 25.5. The van der Waals surface area contributed by atoms with Gasteiger partial charge in [-0.25, -0.2) is 15.2 Å². The van der Waals surface area contributed by atoms with Crippen LogP contribution in [0.15, 0.2) is 0 Å². The molecule has 1 heterocycles. The number of rotatable bonds is 10. The van der Waals surface area contributed by atoms with Crippen LogP contribution < -0.4 is 26.6 Å². The van der Waals surface area contributed by atoms with E-state index in [1.807, 2.05) is 0 Å². The van der Waals surface area contributed by atoms with E-state index >= 15 is 0 Å². The molecule has 0 aromatic rings. The van der Waals surface area contributed by atoms with Crippen molar-refractivity contribution in [2.45, 2.75) is 64.5 Å². The van der Waals surface area contributed by atoms with E-state index in [0.717, 1.165) is 13.8 Å². The molecule has 0 aromatic carbocycles. The van der Waals surface area contributed by atoms with Gasteiger partial charge in [0.05, 0.1) is 26.2 Å². The molecule has 0 aliphatic carbocycles. The summed E-state index contributed by atoms with van der Waals surface area (Å²) in [5.74, 6) is -5.82. The van der Waals surface area contributed by atoms with Crippen molar-refractivity contribution in [2.75, 3.05) is 39.3 Å².